The van der Waals surface area contributed by atoms with Crippen molar-refractivity contribution in [2.45, 2.75) is 43.7 Å². The summed E-state index contributed by atoms with van der Waals surface area (Å²) >= 11 is 0. The molecule has 1 aromatic rings. The first-order valence-corrected chi connectivity index (χ1v) is 7.48. The highest BCUT2D eigenvalue weighted by atomic mass is 19.1. The fourth-order valence-corrected chi connectivity index (χ4v) is 3.54. The molecule has 1 aromatic carbocycles. The van der Waals surface area contributed by atoms with Crippen molar-refractivity contribution in [3.05, 3.63) is 30.1 Å². The van der Waals surface area contributed by atoms with Crippen LogP contribution in [0.25, 0.3) is 0 Å². The van der Waals surface area contributed by atoms with Crippen molar-refractivity contribution in [3.63, 3.8) is 0 Å². The van der Waals surface area contributed by atoms with Gasteiger partial charge in [-0.2, -0.15) is 0 Å². The van der Waals surface area contributed by atoms with Gasteiger partial charge >= 0.3 is 5.97 Å². The van der Waals surface area contributed by atoms with E-state index in [1.807, 2.05) is 0 Å². The molecule has 1 aliphatic heterocycles. The van der Waals surface area contributed by atoms with Gasteiger partial charge in [0.1, 0.15) is 18.1 Å². The number of hydrogen-bond donors (Lipinski definition) is 1. The van der Waals surface area contributed by atoms with Crippen LogP contribution in [0.3, 0.4) is 0 Å². The minimum atomic E-state index is -1.02. The van der Waals surface area contributed by atoms with Crippen LogP contribution >= 0.6 is 0 Å². The van der Waals surface area contributed by atoms with Crippen molar-refractivity contribution < 1.29 is 23.8 Å². The fourth-order valence-electron chi connectivity index (χ4n) is 3.54. The zero-order valence-corrected chi connectivity index (χ0v) is 12.1. The van der Waals surface area contributed by atoms with Gasteiger partial charge in [0.15, 0.2) is 6.10 Å². The number of amides is 1. The third kappa shape index (κ3) is 2.42. The Morgan fingerprint density at radius 2 is 1.91 bits per heavy atom. The van der Waals surface area contributed by atoms with Crippen LogP contribution in [0.5, 0.6) is 5.75 Å². The lowest BCUT2D eigenvalue weighted by Crippen LogP contribution is -2.77. The number of ether oxygens (including phenoxy) is 1. The highest BCUT2D eigenvalue weighted by Gasteiger charge is 2.62. The zero-order chi connectivity index (χ0) is 15.7. The molecular formula is C16H18FNO4. The van der Waals surface area contributed by atoms with Crippen LogP contribution in [0.15, 0.2) is 24.3 Å². The summed E-state index contributed by atoms with van der Waals surface area (Å²) in [6, 6.07) is 5.53. The first-order valence-electron chi connectivity index (χ1n) is 7.48. The number of carboxylic acids is 1. The SMILES string of the molecule is O=C(O)CN1C(=O)C(Oc2ccc(F)cc2)C12CCCCC2. The Labute approximate surface area is 127 Å². The third-order valence-electron chi connectivity index (χ3n) is 4.60. The summed E-state index contributed by atoms with van der Waals surface area (Å²) in [4.78, 5) is 24.7. The van der Waals surface area contributed by atoms with Crippen LogP contribution < -0.4 is 4.74 Å². The van der Waals surface area contributed by atoms with E-state index >= 15 is 0 Å². The molecule has 0 aromatic heterocycles. The molecule has 6 heteroatoms. The van der Waals surface area contributed by atoms with E-state index in [0.717, 1.165) is 32.1 Å². The van der Waals surface area contributed by atoms with E-state index in [0.29, 0.717) is 5.75 Å². The number of nitrogens with zero attached hydrogens (tertiary/aromatic N) is 1. The number of likely N-dealkylation sites (tertiary alicyclic amines) is 1. The van der Waals surface area contributed by atoms with E-state index in [9.17, 15) is 14.0 Å². The van der Waals surface area contributed by atoms with Gasteiger partial charge in [0.25, 0.3) is 5.91 Å². The smallest absolute Gasteiger partial charge is 0.323 e. The van der Waals surface area contributed by atoms with Crippen LogP contribution in [0.4, 0.5) is 4.39 Å². The first-order chi connectivity index (χ1) is 10.5. The van der Waals surface area contributed by atoms with Crippen molar-refractivity contribution in [2.75, 3.05) is 6.54 Å². The number of β-lactam (4-membered cyclic amide) rings is 1. The van der Waals surface area contributed by atoms with Gasteiger partial charge in [0.2, 0.25) is 0 Å². The van der Waals surface area contributed by atoms with Crippen molar-refractivity contribution in [1.82, 2.24) is 4.90 Å². The maximum atomic E-state index is 13.0. The van der Waals surface area contributed by atoms with Crippen LogP contribution in [0.1, 0.15) is 32.1 Å². The van der Waals surface area contributed by atoms with Gasteiger partial charge in [0, 0.05) is 0 Å². The van der Waals surface area contributed by atoms with Gasteiger partial charge in [0.05, 0.1) is 5.54 Å². The molecule has 22 heavy (non-hydrogen) atoms. The molecule has 1 aliphatic carbocycles. The Hall–Kier alpha value is -2.11. The largest absolute Gasteiger partial charge is 0.480 e. The highest BCUT2D eigenvalue weighted by Crippen LogP contribution is 2.45. The maximum absolute atomic E-state index is 13.0. The predicted molar refractivity (Wildman–Crippen MR) is 76.0 cm³/mol. The molecule has 0 radical (unpaired) electrons. The molecular weight excluding hydrogens is 289 g/mol. The van der Waals surface area contributed by atoms with E-state index in [1.54, 1.807) is 0 Å². The Balaban J connectivity index is 1.81. The molecule has 1 amide bonds. The molecule has 118 valence electrons. The maximum Gasteiger partial charge on any atom is 0.323 e. The van der Waals surface area contributed by atoms with E-state index in [1.165, 1.54) is 29.2 Å². The lowest BCUT2D eigenvalue weighted by molar-refractivity contribution is -0.189. The Kier molecular flexibility index (Phi) is 3.76. The molecule has 3 rings (SSSR count). The molecule has 1 heterocycles. The first kappa shape index (κ1) is 14.8. The molecule has 1 atom stereocenters. The zero-order valence-electron chi connectivity index (χ0n) is 12.1. The second-order valence-corrected chi connectivity index (χ2v) is 5.93. The van der Waals surface area contributed by atoms with E-state index in [4.69, 9.17) is 9.84 Å². The summed E-state index contributed by atoms with van der Waals surface area (Å²) in [5.41, 5.74) is -0.526. The molecule has 5 nitrogen and oxygen atoms in total. The molecule has 2 fully saturated rings. The topological polar surface area (TPSA) is 66.8 Å². The summed E-state index contributed by atoms with van der Waals surface area (Å²) in [7, 11) is 0. The van der Waals surface area contributed by atoms with E-state index < -0.39 is 17.6 Å². The second-order valence-electron chi connectivity index (χ2n) is 5.93. The van der Waals surface area contributed by atoms with Crippen molar-refractivity contribution in [2.24, 2.45) is 0 Å². The molecule has 1 N–H and O–H groups in total. The predicted octanol–water partition coefficient (Wildman–Crippen LogP) is 2.20. The highest BCUT2D eigenvalue weighted by molar-refractivity contribution is 5.93. The van der Waals surface area contributed by atoms with Gasteiger partial charge < -0.3 is 14.7 Å². The summed E-state index contributed by atoms with van der Waals surface area (Å²) in [6.45, 7) is -0.290. The summed E-state index contributed by atoms with van der Waals surface area (Å²) in [6.07, 6.45) is 3.81. The lowest BCUT2D eigenvalue weighted by Gasteiger charge is -2.58. The van der Waals surface area contributed by atoms with Crippen LogP contribution in [0.2, 0.25) is 0 Å². The monoisotopic (exact) mass is 307 g/mol. The van der Waals surface area contributed by atoms with Gasteiger partial charge in [-0.25, -0.2) is 4.39 Å². The Bertz CT molecular complexity index is 580. The fraction of sp³-hybridized carbons (Fsp3) is 0.500. The van der Waals surface area contributed by atoms with Crippen molar-refractivity contribution in [1.29, 1.82) is 0 Å². The van der Waals surface area contributed by atoms with Gasteiger partial charge in [-0.3, -0.25) is 9.59 Å². The minimum Gasteiger partial charge on any atom is -0.480 e. The van der Waals surface area contributed by atoms with Crippen LogP contribution in [0, 0.1) is 5.82 Å². The van der Waals surface area contributed by atoms with Crippen LogP contribution in [-0.2, 0) is 9.59 Å². The number of hydrogen-bond acceptors (Lipinski definition) is 3. The average molecular weight is 307 g/mol. The number of rotatable bonds is 4. The molecule has 2 aliphatic rings. The summed E-state index contributed by atoms with van der Waals surface area (Å²) < 4.78 is 18.7. The number of carbonyl (C=O) groups is 2. The van der Waals surface area contributed by atoms with Crippen molar-refractivity contribution in [3.8, 4) is 5.75 Å². The van der Waals surface area contributed by atoms with E-state index in [2.05, 4.69) is 0 Å². The van der Waals surface area contributed by atoms with E-state index in [-0.39, 0.29) is 18.3 Å². The standard InChI is InChI=1S/C16H18FNO4/c17-11-4-6-12(7-5-11)22-14-15(21)18(10-13(19)20)16(14)8-2-1-3-9-16/h4-7,14H,1-3,8-10H2,(H,19,20). The number of benzene rings is 1. The average Bonchev–Trinajstić information content (AvgIpc) is 2.52. The Morgan fingerprint density at radius 1 is 1.27 bits per heavy atom. The molecule has 1 saturated carbocycles. The normalized spacial score (nSPS) is 23.2. The lowest BCUT2D eigenvalue weighted by atomic mass is 9.70. The Morgan fingerprint density at radius 3 is 2.50 bits per heavy atom. The van der Waals surface area contributed by atoms with Crippen molar-refractivity contribution >= 4 is 11.9 Å². The quantitative estimate of drug-likeness (QED) is 0.866. The second kappa shape index (κ2) is 5.59. The number of carbonyl (C=O) groups excluding carboxylic acids is 1. The molecule has 1 spiro atoms. The third-order valence-corrected chi connectivity index (χ3v) is 4.60. The van der Waals surface area contributed by atoms with Gasteiger partial charge in [-0.05, 0) is 37.1 Å². The molecule has 1 unspecified atom stereocenters. The minimum absolute atomic E-state index is 0.290. The van der Waals surface area contributed by atoms with Gasteiger partial charge in [-0.15, -0.1) is 0 Å². The molecule has 1 saturated heterocycles. The number of carboxylic acid groups (broad SMARTS) is 1. The summed E-state index contributed by atoms with van der Waals surface area (Å²) in [5.74, 6) is -1.25. The number of halogens is 1. The number of aliphatic carboxylic acids is 1. The molecule has 0 bridgehead atoms. The van der Waals surface area contributed by atoms with Gasteiger partial charge in [-0.1, -0.05) is 19.3 Å². The van der Waals surface area contributed by atoms with Crippen LogP contribution in [-0.4, -0.2) is 40.1 Å². The summed E-state index contributed by atoms with van der Waals surface area (Å²) in [5, 5.41) is 9.01.